The minimum absolute atomic E-state index is 0.0791. The van der Waals surface area contributed by atoms with Gasteiger partial charge in [0.1, 0.15) is 0 Å². The molecule has 0 radical (unpaired) electrons. The SMILES string of the molecule is C1=CNC(C2=CC3SC4C=C(C5CNN5)CCC4C4(c5ccccc5Sc5ccccc54)C3CC2)C1. The zero-order valence-corrected chi connectivity index (χ0v) is 22.1. The number of hydrazine groups is 1. The molecular formula is C31H33N3S2. The fourth-order valence-electron chi connectivity index (χ4n) is 8.07. The lowest BCUT2D eigenvalue weighted by atomic mass is 9.52. The highest BCUT2D eigenvalue weighted by atomic mass is 32.2. The Balaban J connectivity index is 1.32. The van der Waals surface area contributed by atoms with Gasteiger partial charge in [0.2, 0.25) is 0 Å². The van der Waals surface area contributed by atoms with E-state index in [4.69, 9.17) is 0 Å². The van der Waals surface area contributed by atoms with Crippen molar-refractivity contribution in [3.05, 3.63) is 95.2 Å². The molecule has 2 saturated heterocycles. The maximum absolute atomic E-state index is 3.63. The van der Waals surface area contributed by atoms with E-state index in [9.17, 15) is 0 Å². The molecule has 0 amide bonds. The van der Waals surface area contributed by atoms with Gasteiger partial charge in [0.05, 0.1) is 12.1 Å². The van der Waals surface area contributed by atoms with Gasteiger partial charge in [-0.05, 0) is 73.4 Å². The molecule has 2 fully saturated rings. The van der Waals surface area contributed by atoms with Gasteiger partial charge in [0.15, 0.2) is 0 Å². The first-order valence-corrected chi connectivity index (χ1v) is 15.4. The molecular weight excluding hydrogens is 478 g/mol. The molecule has 0 aromatic heterocycles. The first-order valence-electron chi connectivity index (χ1n) is 13.7. The Bertz CT molecular complexity index is 1240. The molecule has 6 aliphatic rings. The smallest absolute Gasteiger partial charge is 0.0561 e. The second-order valence-electron chi connectivity index (χ2n) is 11.2. The minimum Gasteiger partial charge on any atom is -0.384 e. The van der Waals surface area contributed by atoms with Crippen molar-refractivity contribution < 1.29 is 0 Å². The molecule has 2 aliphatic carbocycles. The van der Waals surface area contributed by atoms with Crippen molar-refractivity contribution in [3.63, 3.8) is 0 Å². The monoisotopic (exact) mass is 511 g/mol. The van der Waals surface area contributed by atoms with Crippen LogP contribution in [-0.4, -0.2) is 29.1 Å². The largest absolute Gasteiger partial charge is 0.384 e. The van der Waals surface area contributed by atoms with Gasteiger partial charge in [-0.2, -0.15) is 0 Å². The van der Waals surface area contributed by atoms with Crippen molar-refractivity contribution in [2.45, 2.75) is 69.9 Å². The van der Waals surface area contributed by atoms with Gasteiger partial charge in [-0.1, -0.05) is 77.5 Å². The first-order chi connectivity index (χ1) is 17.8. The van der Waals surface area contributed by atoms with E-state index in [1.807, 2.05) is 11.8 Å². The highest BCUT2D eigenvalue weighted by Gasteiger charge is 2.60. The van der Waals surface area contributed by atoms with Crippen molar-refractivity contribution in [1.82, 2.24) is 16.2 Å². The van der Waals surface area contributed by atoms with Gasteiger partial charge in [0.25, 0.3) is 0 Å². The number of benzene rings is 2. The van der Waals surface area contributed by atoms with Crippen molar-refractivity contribution in [2.75, 3.05) is 6.54 Å². The van der Waals surface area contributed by atoms with E-state index in [2.05, 4.69) is 101 Å². The Labute approximate surface area is 222 Å². The van der Waals surface area contributed by atoms with Crippen LogP contribution < -0.4 is 16.2 Å². The molecule has 5 heteroatoms. The summed E-state index contributed by atoms with van der Waals surface area (Å²) in [5, 5.41) is 4.72. The Morgan fingerprint density at radius 2 is 1.39 bits per heavy atom. The average molecular weight is 512 g/mol. The summed E-state index contributed by atoms with van der Waals surface area (Å²) in [6.45, 7) is 1.07. The van der Waals surface area contributed by atoms with Crippen LogP contribution in [0.1, 0.15) is 43.2 Å². The van der Waals surface area contributed by atoms with E-state index in [0.29, 0.717) is 34.4 Å². The molecule has 36 heavy (non-hydrogen) atoms. The fraction of sp³-hybridized carbons (Fsp3) is 0.419. The van der Waals surface area contributed by atoms with Gasteiger partial charge >= 0.3 is 0 Å². The van der Waals surface area contributed by atoms with E-state index >= 15 is 0 Å². The maximum Gasteiger partial charge on any atom is 0.0561 e. The summed E-state index contributed by atoms with van der Waals surface area (Å²) < 4.78 is 0. The van der Waals surface area contributed by atoms with Crippen LogP contribution in [0.5, 0.6) is 0 Å². The number of thioether (sulfide) groups is 1. The third-order valence-corrected chi connectivity index (χ3v) is 12.4. The molecule has 3 nitrogen and oxygen atoms in total. The maximum atomic E-state index is 3.63. The van der Waals surface area contributed by atoms with Crippen LogP contribution in [0.15, 0.2) is 93.9 Å². The lowest BCUT2D eigenvalue weighted by Crippen LogP contribution is -2.61. The summed E-state index contributed by atoms with van der Waals surface area (Å²) in [5.74, 6) is 1.26. The van der Waals surface area contributed by atoms with Crippen molar-refractivity contribution in [2.24, 2.45) is 11.8 Å². The number of hydrogen-bond donors (Lipinski definition) is 3. The van der Waals surface area contributed by atoms with Crippen molar-refractivity contribution in [3.8, 4) is 0 Å². The summed E-state index contributed by atoms with van der Waals surface area (Å²) >= 11 is 4.27. The molecule has 0 bridgehead atoms. The minimum atomic E-state index is 0.0791. The van der Waals surface area contributed by atoms with E-state index in [-0.39, 0.29) is 5.41 Å². The highest BCUT2D eigenvalue weighted by molar-refractivity contribution is 8.01. The summed E-state index contributed by atoms with van der Waals surface area (Å²) in [6, 6.07) is 19.8. The van der Waals surface area contributed by atoms with Crippen LogP contribution in [0.3, 0.4) is 0 Å². The number of nitrogens with one attached hydrogen (secondary N) is 3. The Morgan fingerprint density at radius 3 is 1.94 bits per heavy atom. The molecule has 1 spiro atoms. The van der Waals surface area contributed by atoms with E-state index in [0.717, 1.165) is 13.0 Å². The van der Waals surface area contributed by atoms with Crippen LogP contribution in [-0.2, 0) is 5.41 Å². The van der Waals surface area contributed by atoms with E-state index in [1.54, 1.807) is 22.3 Å². The van der Waals surface area contributed by atoms with Gasteiger partial charge in [-0.15, -0.1) is 11.8 Å². The van der Waals surface area contributed by atoms with Crippen LogP contribution in [0, 0.1) is 11.8 Å². The normalized spacial score (nSPS) is 35.3. The summed E-state index contributed by atoms with van der Waals surface area (Å²) in [4.78, 5) is 2.97. The Morgan fingerprint density at radius 1 is 0.778 bits per heavy atom. The predicted octanol–water partition coefficient (Wildman–Crippen LogP) is 5.95. The Kier molecular flexibility index (Phi) is 5.25. The first kappa shape index (κ1) is 22.1. The molecule has 0 saturated carbocycles. The summed E-state index contributed by atoms with van der Waals surface area (Å²) in [7, 11) is 0. The number of fused-ring (bicyclic) bond motifs is 8. The lowest BCUT2D eigenvalue weighted by Gasteiger charge is -2.60. The zero-order chi connectivity index (χ0) is 23.7. The zero-order valence-electron chi connectivity index (χ0n) is 20.5. The van der Waals surface area contributed by atoms with Crippen molar-refractivity contribution in [1.29, 1.82) is 0 Å². The second kappa shape index (κ2) is 8.56. The molecule has 4 heterocycles. The third kappa shape index (κ3) is 3.16. The third-order valence-electron chi connectivity index (χ3n) is 9.67. The molecule has 184 valence electrons. The molecule has 2 aromatic rings. The highest BCUT2D eigenvalue weighted by Crippen LogP contribution is 2.66. The molecule has 2 aromatic carbocycles. The average Bonchev–Trinajstić information content (AvgIpc) is 3.42. The topological polar surface area (TPSA) is 36.1 Å². The number of hydrogen-bond acceptors (Lipinski definition) is 5. The van der Waals surface area contributed by atoms with Crippen LogP contribution in [0.4, 0.5) is 0 Å². The summed E-state index contributed by atoms with van der Waals surface area (Å²) in [5.41, 5.74) is 13.3. The second-order valence-corrected chi connectivity index (χ2v) is 13.7. The van der Waals surface area contributed by atoms with Gasteiger partial charge in [-0.25, -0.2) is 5.43 Å². The number of rotatable bonds is 2. The molecule has 6 atom stereocenters. The van der Waals surface area contributed by atoms with Gasteiger partial charge < -0.3 is 5.32 Å². The van der Waals surface area contributed by atoms with E-state index < -0.39 is 0 Å². The van der Waals surface area contributed by atoms with Gasteiger partial charge in [-0.3, -0.25) is 5.43 Å². The van der Waals surface area contributed by atoms with E-state index in [1.165, 1.54) is 35.5 Å². The van der Waals surface area contributed by atoms with Gasteiger partial charge in [0, 0.05) is 32.3 Å². The molecule has 4 aliphatic heterocycles. The molecule has 8 rings (SSSR count). The standard InChI is InChI=1S/C31H33N3S2/c1-3-9-27-21(6-1)31(22-7-2-4-10-28(22)35-27)23-13-11-19(25-8-5-15-32-25)16-29(23)36-30-17-20(12-14-24(30)31)26-18-33-34-26/h1-7,9-10,15-17,23-26,29-30,32-34H,8,11-14,18H2. The lowest BCUT2D eigenvalue weighted by molar-refractivity contribution is 0.167. The Hall–Kier alpha value is -1.92. The summed E-state index contributed by atoms with van der Waals surface area (Å²) in [6.07, 6.45) is 16.0. The van der Waals surface area contributed by atoms with Crippen LogP contribution >= 0.6 is 23.5 Å². The molecule has 3 N–H and O–H groups in total. The fourth-order valence-corrected chi connectivity index (χ4v) is 11.2. The van der Waals surface area contributed by atoms with Crippen LogP contribution in [0.25, 0.3) is 0 Å². The van der Waals surface area contributed by atoms with Crippen molar-refractivity contribution >= 4 is 23.5 Å². The van der Waals surface area contributed by atoms with Crippen LogP contribution in [0.2, 0.25) is 0 Å². The quantitative estimate of drug-likeness (QED) is 0.435. The molecule has 6 unspecified atom stereocenters. The predicted molar refractivity (Wildman–Crippen MR) is 150 cm³/mol.